The second-order valence-electron chi connectivity index (χ2n) is 4.88. The Bertz CT molecular complexity index is 363. The van der Waals surface area contributed by atoms with E-state index in [1.165, 1.54) is 25.0 Å². The second-order valence-corrected chi connectivity index (χ2v) is 6.28. The molecule has 0 bridgehead atoms. The Labute approximate surface area is 119 Å². The topological polar surface area (TPSA) is 15.3 Å². The summed E-state index contributed by atoms with van der Waals surface area (Å²) in [6.07, 6.45) is 2.57. The molecule has 4 heteroatoms. The number of nitrogens with one attached hydrogen (secondary N) is 1. The van der Waals surface area contributed by atoms with E-state index < -0.39 is 0 Å². The van der Waals surface area contributed by atoms with Crippen molar-refractivity contribution in [1.82, 2.24) is 5.32 Å². The summed E-state index contributed by atoms with van der Waals surface area (Å²) in [6, 6.07) is 6.82. The Hall–Kier alpha value is -0.740. The number of hydrogen-bond donors (Lipinski definition) is 1. The Balaban J connectivity index is 1.77. The molecule has 19 heavy (non-hydrogen) atoms. The van der Waals surface area contributed by atoms with E-state index in [0.29, 0.717) is 0 Å². The minimum atomic E-state index is -0.163. The fourth-order valence-electron chi connectivity index (χ4n) is 2.41. The molecule has 1 aromatic carbocycles. The molecule has 1 fully saturated rings. The highest BCUT2D eigenvalue weighted by Gasteiger charge is 2.13. The number of benzene rings is 1. The summed E-state index contributed by atoms with van der Waals surface area (Å²) >= 11 is 2.08. The van der Waals surface area contributed by atoms with Crippen LogP contribution in [-0.2, 0) is 0 Å². The predicted molar refractivity (Wildman–Crippen MR) is 82.6 cm³/mol. The third-order valence-corrected chi connectivity index (χ3v) is 4.94. The van der Waals surface area contributed by atoms with Gasteiger partial charge in [0.1, 0.15) is 5.82 Å². The number of thioether (sulfide) groups is 1. The second kappa shape index (κ2) is 7.75. The molecule has 0 aliphatic carbocycles. The lowest BCUT2D eigenvalue weighted by Gasteiger charge is -2.26. The standard InChI is InChI=1S/C15H23FN2S/c1-2-18(14-5-3-13(16)4-6-14)11-12-19-15-7-9-17-10-8-15/h3-6,15,17H,2,7-12H2,1H3. The van der Waals surface area contributed by atoms with Crippen molar-refractivity contribution in [3.05, 3.63) is 30.1 Å². The van der Waals surface area contributed by atoms with Gasteiger partial charge in [-0.1, -0.05) is 0 Å². The van der Waals surface area contributed by atoms with Gasteiger partial charge in [0.2, 0.25) is 0 Å². The van der Waals surface area contributed by atoms with Crippen LogP contribution < -0.4 is 10.2 Å². The minimum absolute atomic E-state index is 0.163. The number of piperidine rings is 1. The molecule has 2 nitrogen and oxygen atoms in total. The van der Waals surface area contributed by atoms with Crippen molar-refractivity contribution in [2.75, 3.05) is 36.8 Å². The van der Waals surface area contributed by atoms with Crippen LogP contribution in [0.2, 0.25) is 0 Å². The summed E-state index contributed by atoms with van der Waals surface area (Å²) in [5.74, 6) is 0.986. The molecule has 1 aliphatic heterocycles. The molecular formula is C15H23FN2S. The van der Waals surface area contributed by atoms with Crippen LogP contribution in [-0.4, -0.2) is 37.2 Å². The zero-order valence-electron chi connectivity index (χ0n) is 11.6. The van der Waals surface area contributed by atoms with Gasteiger partial charge >= 0.3 is 0 Å². The van der Waals surface area contributed by atoms with Gasteiger partial charge in [0.05, 0.1) is 0 Å². The highest BCUT2D eigenvalue weighted by atomic mass is 32.2. The van der Waals surface area contributed by atoms with Gasteiger partial charge in [-0.05, 0) is 57.1 Å². The maximum absolute atomic E-state index is 12.9. The van der Waals surface area contributed by atoms with Crippen molar-refractivity contribution < 1.29 is 4.39 Å². The molecule has 1 aliphatic rings. The minimum Gasteiger partial charge on any atom is -0.371 e. The summed E-state index contributed by atoms with van der Waals surface area (Å²) in [5.41, 5.74) is 1.12. The molecule has 0 amide bonds. The molecule has 1 saturated heterocycles. The molecule has 2 rings (SSSR count). The first-order valence-electron chi connectivity index (χ1n) is 7.12. The third-order valence-electron chi connectivity index (χ3n) is 3.57. The average molecular weight is 282 g/mol. The number of nitrogens with zero attached hydrogens (tertiary/aromatic N) is 1. The molecule has 0 radical (unpaired) electrons. The van der Waals surface area contributed by atoms with Crippen molar-refractivity contribution in [1.29, 1.82) is 0 Å². The Morgan fingerprint density at radius 1 is 1.26 bits per heavy atom. The van der Waals surface area contributed by atoms with Gasteiger partial charge < -0.3 is 10.2 Å². The average Bonchev–Trinajstić information content (AvgIpc) is 2.46. The van der Waals surface area contributed by atoms with Crippen LogP contribution >= 0.6 is 11.8 Å². The van der Waals surface area contributed by atoms with Gasteiger partial charge in [0, 0.05) is 29.8 Å². The van der Waals surface area contributed by atoms with Gasteiger partial charge in [-0.15, -0.1) is 0 Å². The highest BCUT2D eigenvalue weighted by Crippen LogP contribution is 2.21. The molecule has 0 saturated carbocycles. The highest BCUT2D eigenvalue weighted by molar-refractivity contribution is 7.99. The van der Waals surface area contributed by atoms with E-state index in [-0.39, 0.29) is 5.82 Å². The lowest BCUT2D eigenvalue weighted by Crippen LogP contribution is -2.31. The van der Waals surface area contributed by atoms with Gasteiger partial charge in [-0.2, -0.15) is 11.8 Å². The van der Waals surface area contributed by atoms with E-state index >= 15 is 0 Å². The first-order valence-corrected chi connectivity index (χ1v) is 8.17. The number of anilines is 1. The zero-order chi connectivity index (χ0) is 13.5. The van der Waals surface area contributed by atoms with Gasteiger partial charge in [-0.25, -0.2) is 4.39 Å². The lowest BCUT2D eigenvalue weighted by molar-refractivity contribution is 0.531. The van der Waals surface area contributed by atoms with E-state index in [2.05, 4.69) is 28.9 Å². The van der Waals surface area contributed by atoms with Crippen LogP contribution in [0.15, 0.2) is 24.3 Å². The smallest absolute Gasteiger partial charge is 0.123 e. The van der Waals surface area contributed by atoms with Crippen molar-refractivity contribution in [2.24, 2.45) is 0 Å². The van der Waals surface area contributed by atoms with E-state index in [9.17, 15) is 4.39 Å². The largest absolute Gasteiger partial charge is 0.371 e. The molecule has 0 atom stereocenters. The molecule has 0 aromatic heterocycles. The summed E-state index contributed by atoms with van der Waals surface area (Å²) < 4.78 is 12.9. The van der Waals surface area contributed by atoms with E-state index in [1.54, 1.807) is 0 Å². The quantitative estimate of drug-likeness (QED) is 0.863. The normalized spacial score (nSPS) is 16.5. The summed E-state index contributed by atoms with van der Waals surface area (Å²) in [4.78, 5) is 2.31. The Morgan fingerprint density at radius 3 is 2.58 bits per heavy atom. The van der Waals surface area contributed by atoms with Crippen LogP contribution in [0, 0.1) is 5.82 Å². The van der Waals surface area contributed by atoms with Gasteiger partial charge in [-0.3, -0.25) is 0 Å². The van der Waals surface area contributed by atoms with Crippen molar-refractivity contribution in [3.8, 4) is 0 Å². The molecule has 0 spiro atoms. The number of hydrogen-bond acceptors (Lipinski definition) is 3. The predicted octanol–water partition coefficient (Wildman–Crippen LogP) is 3.14. The van der Waals surface area contributed by atoms with Crippen molar-refractivity contribution >= 4 is 17.4 Å². The molecule has 0 unspecified atom stereocenters. The van der Waals surface area contributed by atoms with Gasteiger partial charge in [0.25, 0.3) is 0 Å². The molecule has 1 aromatic rings. The van der Waals surface area contributed by atoms with Crippen LogP contribution in [0.4, 0.5) is 10.1 Å². The first-order chi connectivity index (χ1) is 9.29. The lowest BCUT2D eigenvalue weighted by atomic mass is 10.2. The van der Waals surface area contributed by atoms with Gasteiger partial charge in [0.15, 0.2) is 0 Å². The number of halogens is 1. The Morgan fingerprint density at radius 2 is 1.95 bits per heavy atom. The zero-order valence-corrected chi connectivity index (χ0v) is 12.4. The van der Waals surface area contributed by atoms with Crippen molar-refractivity contribution in [2.45, 2.75) is 25.0 Å². The van der Waals surface area contributed by atoms with Crippen molar-refractivity contribution in [3.63, 3.8) is 0 Å². The van der Waals surface area contributed by atoms with Crippen LogP contribution in [0.3, 0.4) is 0 Å². The maximum atomic E-state index is 12.9. The number of rotatable bonds is 6. The summed E-state index contributed by atoms with van der Waals surface area (Å²) in [6.45, 7) is 6.48. The SMILES string of the molecule is CCN(CCSC1CCNCC1)c1ccc(F)cc1. The van der Waals surface area contributed by atoms with Crippen LogP contribution in [0.5, 0.6) is 0 Å². The third kappa shape index (κ3) is 4.69. The fraction of sp³-hybridized carbons (Fsp3) is 0.600. The first kappa shape index (κ1) is 14.7. The Kier molecular flexibility index (Phi) is 5.98. The fourth-order valence-corrected chi connectivity index (χ4v) is 3.64. The van der Waals surface area contributed by atoms with E-state index in [0.717, 1.165) is 42.9 Å². The van der Waals surface area contributed by atoms with Crippen LogP contribution in [0.25, 0.3) is 0 Å². The monoisotopic (exact) mass is 282 g/mol. The molecular weight excluding hydrogens is 259 g/mol. The van der Waals surface area contributed by atoms with E-state index in [1.807, 2.05) is 12.1 Å². The molecule has 1 N–H and O–H groups in total. The van der Waals surface area contributed by atoms with E-state index in [4.69, 9.17) is 0 Å². The molecule has 1 heterocycles. The summed E-state index contributed by atoms with van der Waals surface area (Å²) in [5, 5.41) is 4.21. The summed E-state index contributed by atoms with van der Waals surface area (Å²) in [7, 11) is 0. The maximum Gasteiger partial charge on any atom is 0.123 e. The van der Waals surface area contributed by atoms with Crippen LogP contribution in [0.1, 0.15) is 19.8 Å². The molecule has 106 valence electrons.